The van der Waals surface area contributed by atoms with Gasteiger partial charge in [-0.1, -0.05) is 6.08 Å². The van der Waals surface area contributed by atoms with E-state index in [1.807, 2.05) is 0 Å². The standard InChI is InChI=1S/C15H18N4O3S/c1-3-8-19-13(17-18-15(19)23)12(9-20)16-14(21)10-4-6-11(22-2)7-5-10/h3-7,12,20H,1,8-9H2,2H3,(H,16,21)(H,18,23)/t12-/m1/s1. The highest BCUT2D eigenvalue weighted by Crippen LogP contribution is 2.14. The third-order valence-corrected chi connectivity index (χ3v) is 3.56. The van der Waals surface area contributed by atoms with E-state index in [-0.39, 0.29) is 12.5 Å². The maximum atomic E-state index is 12.3. The number of hydrogen-bond acceptors (Lipinski definition) is 5. The number of benzene rings is 1. The second-order valence-corrected chi connectivity index (χ2v) is 5.11. The number of aliphatic hydroxyl groups is 1. The van der Waals surface area contributed by atoms with E-state index in [2.05, 4.69) is 22.1 Å². The number of hydrogen-bond donors (Lipinski definition) is 3. The third-order valence-electron chi connectivity index (χ3n) is 3.25. The molecule has 0 fully saturated rings. The molecule has 1 aromatic carbocycles. The summed E-state index contributed by atoms with van der Waals surface area (Å²) in [4.78, 5) is 12.3. The van der Waals surface area contributed by atoms with Crippen LogP contribution in [0.5, 0.6) is 5.75 Å². The van der Waals surface area contributed by atoms with E-state index in [1.165, 1.54) is 0 Å². The molecule has 7 nitrogen and oxygen atoms in total. The molecule has 1 heterocycles. The lowest BCUT2D eigenvalue weighted by molar-refractivity contribution is 0.0911. The minimum absolute atomic E-state index is 0.307. The van der Waals surface area contributed by atoms with Crippen LogP contribution in [0.25, 0.3) is 0 Å². The molecule has 2 aromatic rings. The van der Waals surface area contributed by atoms with Crippen molar-refractivity contribution < 1.29 is 14.6 Å². The number of aliphatic hydroxyl groups excluding tert-OH is 1. The second kappa shape index (κ2) is 7.70. The van der Waals surface area contributed by atoms with Crippen molar-refractivity contribution in [3.8, 4) is 5.75 Å². The van der Waals surface area contributed by atoms with Gasteiger partial charge in [-0.25, -0.2) is 0 Å². The molecule has 1 aromatic heterocycles. The number of aromatic amines is 1. The highest BCUT2D eigenvalue weighted by molar-refractivity contribution is 7.71. The van der Waals surface area contributed by atoms with Crippen LogP contribution in [0, 0.1) is 4.77 Å². The molecular weight excluding hydrogens is 316 g/mol. The molecule has 0 aliphatic rings. The monoisotopic (exact) mass is 334 g/mol. The smallest absolute Gasteiger partial charge is 0.251 e. The Kier molecular flexibility index (Phi) is 5.67. The molecule has 0 bridgehead atoms. The Morgan fingerprint density at radius 2 is 2.26 bits per heavy atom. The van der Waals surface area contributed by atoms with Crippen LogP contribution in [0.2, 0.25) is 0 Å². The first-order chi connectivity index (χ1) is 11.1. The van der Waals surface area contributed by atoms with E-state index in [0.29, 0.717) is 28.5 Å². The number of nitrogens with zero attached hydrogens (tertiary/aromatic N) is 2. The Labute approximate surface area is 138 Å². The van der Waals surface area contributed by atoms with Crippen molar-refractivity contribution in [1.82, 2.24) is 20.1 Å². The molecule has 23 heavy (non-hydrogen) atoms. The third kappa shape index (κ3) is 3.85. The van der Waals surface area contributed by atoms with E-state index < -0.39 is 6.04 Å². The summed E-state index contributed by atoms with van der Waals surface area (Å²) in [5, 5.41) is 19.1. The molecule has 0 aliphatic heterocycles. The lowest BCUT2D eigenvalue weighted by atomic mass is 10.2. The number of rotatable bonds is 7. The van der Waals surface area contributed by atoms with Crippen LogP contribution >= 0.6 is 12.2 Å². The average Bonchev–Trinajstić information content (AvgIpc) is 2.94. The molecule has 3 N–H and O–H groups in total. The zero-order valence-corrected chi connectivity index (χ0v) is 13.5. The Morgan fingerprint density at radius 3 is 2.83 bits per heavy atom. The van der Waals surface area contributed by atoms with Gasteiger partial charge in [0, 0.05) is 12.1 Å². The fourth-order valence-electron chi connectivity index (χ4n) is 2.08. The summed E-state index contributed by atoms with van der Waals surface area (Å²) in [5.41, 5.74) is 0.452. The molecule has 0 unspecified atom stereocenters. The molecule has 1 atom stereocenters. The van der Waals surface area contributed by atoms with E-state index >= 15 is 0 Å². The van der Waals surface area contributed by atoms with Gasteiger partial charge in [0.25, 0.3) is 5.91 Å². The van der Waals surface area contributed by atoms with Crippen LogP contribution < -0.4 is 10.1 Å². The van der Waals surface area contributed by atoms with Crippen LogP contribution in [0.4, 0.5) is 0 Å². The van der Waals surface area contributed by atoms with Gasteiger partial charge in [-0.15, -0.1) is 6.58 Å². The van der Waals surface area contributed by atoms with E-state index in [1.54, 1.807) is 42.0 Å². The normalized spacial score (nSPS) is 11.7. The lowest BCUT2D eigenvalue weighted by Gasteiger charge is -2.16. The molecule has 0 saturated heterocycles. The first-order valence-corrected chi connectivity index (χ1v) is 7.33. The highest BCUT2D eigenvalue weighted by Gasteiger charge is 2.20. The summed E-state index contributed by atoms with van der Waals surface area (Å²) >= 11 is 5.13. The average molecular weight is 334 g/mol. The molecule has 0 saturated carbocycles. The summed E-state index contributed by atoms with van der Waals surface area (Å²) in [6, 6.07) is 5.98. The highest BCUT2D eigenvalue weighted by atomic mass is 32.1. The Bertz CT molecular complexity index is 736. The number of ether oxygens (including phenoxy) is 1. The van der Waals surface area contributed by atoms with Crippen molar-refractivity contribution in [2.24, 2.45) is 0 Å². The van der Waals surface area contributed by atoms with Crippen LogP contribution in [-0.2, 0) is 6.54 Å². The molecule has 0 aliphatic carbocycles. The van der Waals surface area contributed by atoms with E-state index in [4.69, 9.17) is 17.0 Å². The zero-order valence-electron chi connectivity index (χ0n) is 12.7. The van der Waals surface area contributed by atoms with Gasteiger partial charge in [0.2, 0.25) is 0 Å². The number of methoxy groups -OCH3 is 1. The van der Waals surface area contributed by atoms with Crippen molar-refractivity contribution in [1.29, 1.82) is 0 Å². The summed E-state index contributed by atoms with van der Waals surface area (Å²) in [6.45, 7) is 3.78. The summed E-state index contributed by atoms with van der Waals surface area (Å²) in [7, 11) is 1.55. The molecule has 2 rings (SSSR count). The molecule has 1 amide bonds. The number of H-pyrrole nitrogens is 1. The van der Waals surface area contributed by atoms with Gasteiger partial charge in [0.05, 0.1) is 13.7 Å². The first-order valence-electron chi connectivity index (χ1n) is 6.92. The largest absolute Gasteiger partial charge is 0.497 e. The van der Waals surface area contributed by atoms with Gasteiger partial charge in [-0.2, -0.15) is 5.10 Å². The van der Waals surface area contributed by atoms with Gasteiger partial charge >= 0.3 is 0 Å². The Morgan fingerprint density at radius 1 is 1.57 bits per heavy atom. The lowest BCUT2D eigenvalue weighted by Crippen LogP contribution is -2.32. The number of carbonyl (C=O) groups excluding carboxylic acids is 1. The van der Waals surface area contributed by atoms with Crippen LogP contribution in [-0.4, -0.2) is 39.5 Å². The molecule has 0 radical (unpaired) electrons. The fourth-order valence-corrected chi connectivity index (χ4v) is 2.29. The maximum absolute atomic E-state index is 12.3. The van der Waals surface area contributed by atoms with Crippen molar-refractivity contribution in [2.45, 2.75) is 12.6 Å². The van der Waals surface area contributed by atoms with E-state index in [0.717, 1.165) is 0 Å². The fraction of sp³-hybridized carbons (Fsp3) is 0.267. The quantitative estimate of drug-likeness (QED) is 0.528. The van der Waals surface area contributed by atoms with Crippen LogP contribution in [0.15, 0.2) is 36.9 Å². The summed E-state index contributed by atoms with van der Waals surface area (Å²) in [6.07, 6.45) is 1.66. The molecule has 0 spiro atoms. The number of carbonyl (C=O) groups is 1. The SMILES string of the molecule is C=CCn1c([C@@H](CO)NC(=O)c2ccc(OC)cc2)n[nH]c1=S. The predicted molar refractivity (Wildman–Crippen MR) is 87.9 cm³/mol. The predicted octanol–water partition coefficient (Wildman–Crippen LogP) is 1.60. The summed E-state index contributed by atoms with van der Waals surface area (Å²) < 4.78 is 7.12. The Hall–Kier alpha value is -2.45. The van der Waals surface area contributed by atoms with Crippen molar-refractivity contribution in [3.63, 3.8) is 0 Å². The van der Waals surface area contributed by atoms with Gasteiger partial charge in [-0.05, 0) is 36.5 Å². The molecular formula is C15H18N4O3S. The number of nitrogens with one attached hydrogen (secondary N) is 2. The molecule has 122 valence electrons. The number of allylic oxidation sites excluding steroid dienone is 1. The first kappa shape index (κ1) is 16.9. The second-order valence-electron chi connectivity index (χ2n) is 4.72. The van der Waals surface area contributed by atoms with E-state index in [9.17, 15) is 9.90 Å². The maximum Gasteiger partial charge on any atom is 0.251 e. The van der Waals surface area contributed by atoms with Crippen molar-refractivity contribution in [2.75, 3.05) is 13.7 Å². The number of amides is 1. The minimum Gasteiger partial charge on any atom is -0.497 e. The van der Waals surface area contributed by atoms with Crippen LogP contribution in [0.3, 0.4) is 0 Å². The van der Waals surface area contributed by atoms with Gasteiger partial charge in [0.1, 0.15) is 11.8 Å². The number of aromatic nitrogens is 3. The van der Waals surface area contributed by atoms with Crippen molar-refractivity contribution >= 4 is 18.1 Å². The van der Waals surface area contributed by atoms with Crippen LogP contribution in [0.1, 0.15) is 22.2 Å². The molecule has 8 heteroatoms. The minimum atomic E-state index is -0.683. The van der Waals surface area contributed by atoms with Crippen molar-refractivity contribution in [3.05, 3.63) is 53.1 Å². The van der Waals surface area contributed by atoms with Gasteiger partial charge < -0.3 is 15.2 Å². The summed E-state index contributed by atoms with van der Waals surface area (Å²) in [5.74, 6) is 0.775. The topological polar surface area (TPSA) is 92.2 Å². The van der Waals surface area contributed by atoms with Gasteiger partial charge in [0.15, 0.2) is 10.6 Å². The zero-order chi connectivity index (χ0) is 16.8. The van der Waals surface area contributed by atoms with Gasteiger partial charge in [-0.3, -0.25) is 14.5 Å². The Balaban J connectivity index is 2.20.